The third-order valence-electron chi connectivity index (χ3n) is 22.1. The fourth-order valence-electron chi connectivity index (χ4n) is 15.6. The van der Waals surface area contributed by atoms with Crippen LogP contribution in [-0.2, 0) is 68.6 Å². The molecular weight excluding hydrogens is 1710 g/mol. The van der Waals surface area contributed by atoms with Gasteiger partial charge in [-0.15, -0.1) is 11.3 Å². The van der Waals surface area contributed by atoms with E-state index in [0.717, 1.165) is 76.5 Å². The number of hydrogen-bond donors (Lipinski definition) is 22. The minimum absolute atomic E-state index is 0.133. The van der Waals surface area contributed by atoms with Crippen LogP contribution in [0.25, 0.3) is 21.6 Å². The first kappa shape index (κ1) is 92.1. The van der Waals surface area contributed by atoms with Crippen LogP contribution in [0.4, 0.5) is 4.39 Å². The molecule has 0 saturated carbocycles. The normalized spacial score (nSPS) is 29.8. The molecule has 670 valence electrons. The van der Waals surface area contributed by atoms with Gasteiger partial charge >= 0.3 is 5.97 Å². The van der Waals surface area contributed by atoms with Crippen LogP contribution in [-0.4, -0.2) is 238 Å². The number of aliphatic hydroxyl groups excluding tert-OH is 8. The van der Waals surface area contributed by atoms with Crippen LogP contribution in [0.15, 0.2) is 115 Å². The van der Waals surface area contributed by atoms with Crippen molar-refractivity contribution in [1.82, 2.24) is 42.5 Å². The molecule has 11 bridgehead atoms. The number of amides is 7. The third kappa shape index (κ3) is 20.2. The molecule has 2 unspecified atom stereocenters. The van der Waals surface area contributed by atoms with Gasteiger partial charge in [0.15, 0.2) is 30.1 Å². The number of carbonyl (C=O) groups excluding carboxylic acids is 7. The Morgan fingerprint density at radius 1 is 0.680 bits per heavy atom. The van der Waals surface area contributed by atoms with Crippen molar-refractivity contribution >= 4 is 81.9 Å². The summed E-state index contributed by atoms with van der Waals surface area (Å²) >= 11 is 15.8. The molecule has 23 atom stereocenters. The number of ether oxygens (including phenoxy) is 8. The van der Waals surface area contributed by atoms with E-state index < -0.39 is 290 Å². The summed E-state index contributed by atoms with van der Waals surface area (Å²) in [6.45, 7) is 5.36. The SMILES string of the molecule is CN[C@H](CC(C)C)C(=O)NC1C(=O)N[C@H](CC(N)=O)C(=O)N[C@H]2C(=O)N[C@@H]3C(=O)N[C@H](C(=O)N[C@H](C(=O)O)c4cc(O)cc(O)c4-c4cc3ccc4O)[C@H](OC3C[C@](C)(N)[C@@H](O)[C@H](C)O3)c3ccc(c(Cl)c3)Oc3cc2cc(c3O[C@@H]2O[C@H](CO)[C@@H](O[C@@H]3O[C@H](CNCc4ccc(-c5cccc(F)c5)s4)[C@H](O)[C@H](O)[C@H]3O)[C@H](O)[C@H]2O)Oc2ccc(cc2Cl)[C@H]1O. The van der Waals surface area contributed by atoms with Crippen molar-refractivity contribution in [3.63, 3.8) is 0 Å². The number of thiophene rings is 1. The maximum Gasteiger partial charge on any atom is 0.330 e. The second-order valence-corrected chi connectivity index (χ2v) is 33.7. The molecule has 9 heterocycles. The first-order chi connectivity index (χ1) is 59.3. The van der Waals surface area contributed by atoms with Crippen molar-refractivity contribution in [2.75, 3.05) is 20.2 Å². The molecule has 38 nitrogen and oxygen atoms in total. The number of aliphatic hydroxyl groups is 8. The number of rotatable bonds is 20. The third-order valence-corrected chi connectivity index (χ3v) is 23.8. The Hall–Kier alpha value is -10.6. The van der Waals surface area contributed by atoms with Crippen LogP contribution in [0.3, 0.4) is 0 Å². The van der Waals surface area contributed by atoms with Gasteiger partial charge < -0.3 is 153 Å². The minimum Gasteiger partial charge on any atom is -0.508 e. The Morgan fingerprint density at radius 2 is 1.33 bits per heavy atom. The van der Waals surface area contributed by atoms with Crippen LogP contribution in [0, 0.1) is 11.7 Å². The number of halogens is 3. The lowest BCUT2D eigenvalue weighted by atomic mass is 9.86. The van der Waals surface area contributed by atoms with E-state index in [1.54, 1.807) is 38.1 Å². The molecule has 0 spiro atoms. The molecule has 125 heavy (non-hydrogen) atoms. The van der Waals surface area contributed by atoms with Gasteiger partial charge in [0.25, 0.3) is 0 Å². The van der Waals surface area contributed by atoms with Crippen LogP contribution < -0.4 is 68.2 Å². The number of nitrogens with two attached hydrogens (primary N) is 2. The number of likely N-dealkylation sites (N-methyl/N-ethyl adjacent to an activating group) is 1. The Kier molecular flexibility index (Phi) is 28.3. The maximum absolute atomic E-state index is 16.4. The summed E-state index contributed by atoms with van der Waals surface area (Å²) in [5.41, 5.74) is 8.58. The topological polar surface area (TPSA) is 601 Å². The zero-order chi connectivity index (χ0) is 90.2. The molecule has 1 aromatic heterocycles. The molecule has 7 aromatic rings. The van der Waals surface area contributed by atoms with E-state index in [9.17, 15) is 80.1 Å². The summed E-state index contributed by atoms with van der Waals surface area (Å²) in [6, 6.07) is 8.44. The Bertz CT molecular complexity index is 5250. The molecule has 3 saturated heterocycles. The zero-order valence-electron chi connectivity index (χ0n) is 67.1. The second-order valence-electron chi connectivity index (χ2n) is 31.7. The number of carboxylic acid groups (broad SMARTS) is 1. The molecule has 8 aliphatic heterocycles. The number of phenolic OH excluding ortho intramolecular Hbond substituents is 3. The van der Waals surface area contributed by atoms with E-state index in [2.05, 4.69) is 42.5 Å². The van der Waals surface area contributed by atoms with E-state index in [1.807, 2.05) is 0 Å². The van der Waals surface area contributed by atoms with E-state index in [0.29, 0.717) is 5.56 Å². The van der Waals surface area contributed by atoms with Crippen molar-refractivity contribution < 1.29 is 142 Å². The van der Waals surface area contributed by atoms with Crippen molar-refractivity contribution in [2.24, 2.45) is 17.4 Å². The van der Waals surface area contributed by atoms with Gasteiger partial charge in [0.1, 0.15) is 126 Å². The van der Waals surface area contributed by atoms with Crippen LogP contribution in [0.2, 0.25) is 10.0 Å². The Balaban J connectivity index is 0.968. The highest BCUT2D eigenvalue weighted by Crippen LogP contribution is 2.51. The van der Waals surface area contributed by atoms with Crippen LogP contribution in [0.1, 0.15) is 110 Å². The largest absolute Gasteiger partial charge is 0.508 e. The number of aliphatic carboxylic acids is 1. The average Bonchev–Trinajstić information content (AvgIpc) is 0.882. The Labute approximate surface area is 725 Å². The lowest BCUT2D eigenvalue weighted by Gasteiger charge is -2.46. The van der Waals surface area contributed by atoms with Gasteiger partial charge in [-0.25, -0.2) is 9.18 Å². The predicted molar refractivity (Wildman–Crippen MR) is 436 cm³/mol. The standard InChI is InChI=1S/C83H93Cl2FN10O28S/c1-31(2)17-45(89-5)74(109)95-62-64(102)35-10-14-49(43(84)20-35)118-51-22-37-23-52(71(51)123-82-69(107)67(105)72(54(30-97)121-82)124-81-68(106)66(104)65(103)53(120-81)29-90-28-40-12-16-55(125-40)33-7-6-8-38(86)18-33)119-50-15-11-36(21-44(50)85)70(122-57-27-83(4,88)73(108)32(3)117-57)63-79(114)94-61(80(115)116)42-24-39(98)25-48(100)58(42)41-19-34(9-13-47(41)99)59(76(111)96-63)93-77(112)60(37)92-75(110)46(26-56(87)101)91-78(62)113/h6-16,18-25,31-32,45-46,53-54,57,59-70,72-73,81-82,89-90,97-100,102-108H,17,26-30,88H2,1-5H3,(H2,87,101)(H,91,113)(H,92,110)(H,93,112)(H,94,114)(H,95,109)(H,96,111)(H,115,116)/t32-,45+,46+,53+,54+,57?,59-,60+,61-,62?,63-,64+,65-,66-,67+,68+,69+,70+,72+,73-,81-,82-,83-/m0/s1. The number of aromatic hydroxyl groups is 3. The van der Waals surface area contributed by atoms with Gasteiger partial charge in [-0.3, -0.25) is 33.6 Å². The van der Waals surface area contributed by atoms with Gasteiger partial charge in [-0.2, -0.15) is 0 Å². The molecule has 8 aliphatic rings. The Morgan fingerprint density at radius 3 is 1.98 bits per heavy atom. The number of nitrogens with one attached hydrogen (secondary N) is 8. The fourth-order valence-corrected chi connectivity index (χ4v) is 17.0. The molecule has 42 heteroatoms. The van der Waals surface area contributed by atoms with Gasteiger partial charge in [0.2, 0.25) is 53.4 Å². The molecule has 7 amide bonds. The summed E-state index contributed by atoms with van der Waals surface area (Å²) in [6.07, 6.45) is -29.3. The second kappa shape index (κ2) is 38.3. The van der Waals surface area contributed by atoms with Crippen molar-refractivity contribution in [3.8, 4) is 67.6 Å². The highest BCUT2D eigenvalue weighted by atomic mass is 35.5. The first-order valence-electron chi connectivity index (χ1n) is 39.5. The number of carbonyl (C=O) groups is 8. The molecule has 24 N–H and O–H groups in total. The summed E-state index contributed by atoms with van der Waals surface area (Å²) < 4.78 is 65.3. The minimum atomic E-state index is -2.43. The number of hydrogen-bond acceptors (Lipinski definition) is 31. The number of fused-ring (bicyclic) bond motifs is 15. The zero-order valence-corrected chi connectivity index (χ0v) is 69.4. The molecule has 0 radical (unpaired) electrons. The van der Waals surface area contributed by atoms with Gasteiger partial charge in [-0.1, -0.05) is 67.4 Å². The maximum atomic E-state index is 16.4. The first-order valence-corrected chi connectivity index (χ1v) is 41.0. The number of benzene rings is 6. The predicted octanol–water partition coefficient (Wildman–Crippen LogP) is 1.60. The molecule has 6 aromatic carbocycles. The number of primary amides is 1. The van der Waals surface area contributed by atoms with Crippen LogP contribution >= 0.6 is 34.5 Å². The highest BCUT2D eigenvalue weighted by molar-refractivity contribution is 7.15. The monoisotopic (exact) mass is 1800 g/mol. The van der Waals surface area contributed by atoms with Crippen molar-refractivity contribution in [1.29, 1.82) is 0 Å². The lowest BCUT2D eigenvalue weighted by molar-refractivity contribution is -0.350. The molecule has 15 rings (SSSR count). The van der Waals surface area contributed by atoms with Gasteiger partial charge in [0.05, 0.1) is 41.3 Å². The quantitative estimate of drug-likeness (QED) is 0.0515. The fraction of sp³-hybridized carbons (Fsp3) is 0.422. The molecule has 3 fully saturated rings. The van der Waals surface area contributed by atoms with E-state index in [4.69, 9.17) is 72.6 Å². The highest BCUT2D eigenvalue weighted by Gasteiger charge is 2.53. The average molecular weight is 1800 g/mol. The van der Waals surface area contributed by atoms with Gasteiger partial charge in [0, 0.05) is 57.6 Å². The summed E-state index contributed by atoms with van der Waals surface area (Å²) in [4.78, 5) is 122. The van der Waals surface area contributed by atoms with E-state index in [-0.39, 0.29) is 43.0 Å². The van der Waals surface area contributed by atoms with E-state index >= 15 is 24.0 Å². The lowest BCUT2D eigenvalue weighted by Crippen LogP contribution is -2.65. The summed E-state index contributed by atoms with van der Waals surface area (Å²) in [5, 5.41) is 159. The molecule has 0 aliphatic carbocycles. The smallest absolute Gasteiger partial charge is 0.330 e. The van der Waals surface area contributed by atoms with Crippen molar-refractivity contribution in [3.05, 3.63) is 164 Å². The summed E-state index contributed by atoms with van der Waals surface area (Å²) in [5.74, 6) is -17.2. The van der Waals surface area contributed by atoms with Gasteiger partial charge in [-0.05, 0) is 140 Å². The van der Waals surface area contributed by atoms with Crippen LogP contribution in [0.5, 0.6) is 46.0 Å². The number of carboxylic acids is 1. The number of phenols is 3. The summed E-state index contributed by atoms with van der Waals surface area (Å²) in [7, 11) is 1.46. The van der Waals surface area contributed by atoms with E-state index in [1.165, 1.54) is 56.5 Å². The van der Waals surface area contributed by atoms with Crippen molar-refractivity contribution in [2.45, 2.75) is 193 Å². The molecular formula is C83H93Cl2FN10O28S.